The second kappa shape index (κ2) is 5.41. The van der Waals surface area contributed by atoms with Crippen LogP contribution >= 0.6 is 0 Å². The molecule has 0 fully saturated rings. The molecule has 2 aromatic rings. The highest BCUT2D eigenvalue weighted by atomic mass is 19.1. The van der Waals surface area contributed by atoms with Crippen molar-refractivity contribution >= 4 is 5.91 Å². The zero-order valence-corrected chi connectivity index (χ0v) is 11.1. The van der Waals surface area contributed by atoms with Crippen molar-refractivity contribution in [3.63, 3.8) is 0 Å². The van der Waals surface area contributed by atoms with Crippen LogP contribution in [0, 0.1) is 5.82 Å². The summed E-state index contributed by atoms with van der Waals surface area (Å²) in [6.45, 7) is 1.25. The molecule has 1 aromatic carbocycles. The number of rotatable bonds is 1. The van der Waals surface area contributed by atoms with E-state index in [1.165, 1.54) is 23.4 Å². The predicted molar refractivity (Wildman–Crippen MR) is 73.9 cm³/mol. The molecule has 0 N–H and O–H groups in total. The van der Waals surface area contributed by atoms with Crippen molar-refractivity contribution in [2.75, 3.05) is 13.1 Å². The molecule has 0 saturated carbocycles. The highest BCUT2D eigenvalue weighted by Crippen LogP contribution is 2.17. The van der Waals surface area contributed by atoms with Crippen molar-refractivity contribution in [1.29, 1.82) is 0 Å². The molecule has 102 valence electrons. The van der Waals surface area contributed by atoms with Crippen molar-refractivity contribution in [3.05, 3.63) is 65.2 Å². The van der Waals surface area contributed by atoms with Crippen molar-refractivity contribution in [1.82, 2.24) is 9.88 Å². The Hall–Kier alpha value is -2.23. The van der Waals surface area contributed by atoms with Gasteiger partial charge >= 0.3 is 0 Å². The Morgan fingerprint density at radius 2 is 1.75 bits per heavy atom. The van der Waals surface area contributed by atoms with Crippen molar-refractivity contribution in [2.45, 2.75) is 12.8 Å². The minimum atomic E-state index is -0.556. The highest BCUT2D eigenvalue weighted by Gasteiger charge is 2.21. The molecule has 0 aliphatic carbocycles. The lowest BCUT2D eigenvalue weighted by Gasteiger charge is -2.20. The molecule has 0 atom stereocenters. The first-order valence-corrected chi connectivity index (χ1v) is 6.71. The van der Waals surface area contributed by atoms with Crippen molar-refractivity contribution < 1.29 is 9.18 Å². The van der Waals surface area contributed by atoms with Gasteiger partial charge in [0.05, 0.1) is 11.8 Å². The molecule has 1 aromatic heterocycles. The van der Waals surface area contributed by atoms with Gasteiger partial charge in [-0.1, -0.05) is 24.3 Å². The SMILES string of the molecule is O=C(c1ccncc1F)N1CCc2ccccc2CC1. The van der Waals surface area contributed by atoms with E-state index in [-0.39, 0.29) is 11.5 Å². The Labute approximate surface area is 117 Å². The molecule has 0 bridgehead atoms. The monoisotopic (exact) mass is 270 g/mol. The number of halogens is 1. The summed E-state index contributed by atoms with van der Waals surface area (Å²) in [5.41, 5.74) is 2.65. The fourth-order valence-corrected chi connectivity index (χ4v) is 2.59. The normalized spacial score (nSPS) is 14.6. The van der Waals surface area contributed by atoms with E-state index in [0.717, 1.165) is 19.0 Å². The summed E-state index contributed by atoms with van der Waals surface area (Å²) in [6.07, 6.45) is 4.16. The van der Waals surface area contributed by atoms with Gasteiger partial charge < -0.3 is 4.90 Å². The number of hydrogen-bond acceptors (Lipinski definition) is 2. The average molecular weight is 270 g/mol. The highest BCUT2D eigenvalue weighted by molar-refractivity contribution is 5.94. The average Bonchev–Trinajstić information content (AvgIpc) is 2.70. The number of carbonyl (C=O) groups is 1. The third kappa shape index (κ3) is 2.41. The van der Waals surface area contributed by atoms with Gasteiger partial charge in [-0.3, -0.25) is 9.78 Å². The van der Waals surface area contributed by atoms with Gasteiger partial charge in [0.2, 0.25) is 0 Å². The van der Waals surface area contributed by atoms with Crippen LogP contribution < -0.4 is 0 Å². The van der Waals surface area contributed by atoms with Crippen LogP contribution in [0.1, 0.15) is 21.5 Å². The van der Waals surface area contributed by atoms with Crippen LogP contribution in [0.3, 0.4) is 0 Å². The molecule has 1 aliphatic rings. The van der Waals surface area contributed by atoms with Gasteiger partial charge in [0, 0.05) is 19.3 Å². The summed E-state index contributed by atoms with van der Waals surface area (Å²) in [6, 6.07) is 9.65. The molecular formula is C16H15FN2O. The van der Waals surface area contributed by atoms with E-state index in [4.69, 9.17) is 0 Å². The molecule has 0 spiro atoms. The van der Waals surface area contributed by atoms with Crippen LogP contribution in [-0.4, -0.2) is 28.9 Å². The third-order valence-electron chi connectivity index (χ3n) is 3.71. The molecule has 3 rings (SSSR count). The second-order valence-electron chi connectivity index (χ2n) is 4.92. The minimum Gasteiger partial charge on any atom is -0.338 e. The maximum Gasteiger partial charge on any atom is 0.256 e. The Bertz CT molecular complexity index is 615. The van der Waals surface area contributed by atoms with Gasteiger partial charge in [0.25, 0.3) is 5.91 Å². The van der Waals surface area contributed by atoms with E-state index in [1.807, 2.05) is 12.1 Å². The lowest BCUT2D eigenvalue weighted by Crippen LogP contribution is -2.33. The van der Waals surface area contributed by atoms with Gasteiger partial charge in [-0.05, 0) is 30.0 Å². The molecule has 1 amide bonds. The standard InChI is InChI=1S/C16H15FN2O/c17-15-11-18-8-5-14(15)16(20)19-9-6-12-3-1-2-4-13(12)7-10-19/h1-5,8,11H,6-7,9-10H2. The number of pyridine rings is 1. The molecule has 0 saturated heterocycles. The number of nitrogens with zero attached hydrogens (tertiary/aromatic N) is 2. The van der Waals surface area contributed by atoms with E-state index >= 15 is 0 Å². The van der Waals surface area contributed by atoms with Crippen LogP contribution in [0.2, 0.25) is 0 Å². The first-order valence-electron chi connectivity index (χ1n) is 6.71. The molecule has 1 aliphatic heterocycles. The lowest BCUT2D eigenvalue weighted by atomic mass is 10.0. The number of carbonyl (C=O) groups excluding carboxylic acids is 1. The van der Waals surface area contributed by atoms with Crippen LogP contribution in [0.25, 0.3) is 0 Å². The van der Waals surface area contributed by atoms with E-state index in [1.54, 1.807) is 4.90 Å². The smallest absolute Gasteiger partial charge is 0.256 e. The van der Waals surface area contributed by atoms with E-state index in [9.17, 15) is 9.18 Å². The molecule has 2 heterocycles. The molecular weight excluding hydrogens is 255 g/mol. The van der Waals surface area contributed by atoms with Crippen molar-refractivity contribution in [3.8, 4) is 0 Å². The first kappa shape index (κ1) is 12.8. The van der Waals surface area contributed by atoms with Gasteiger partial charge in [-0.25, -0.2) is 4.39 Å². The number of aromatic nitrogens is 1. The largest absolute Gasteiger partial charge is 0.338 e. The van der Waals surface area contributed by atoms with Gasteiger partial charge in [-0.15, -0.1) is 0 Å². The summed E-state index contributed by atoms with van der Waals surface area (Å²) >= 11 is 0. The molecule has 20 heavy (non-hydrogen) atoms. The summed E-state index contributed by atoms with van der Waals surface area (Å²) in [4.78, 5) is 17.8. The number of amides is 1. The Kier molecular flexibility index (Phi) is 3.46. The Morgan fingerprint density at radius 3 is 2.35 bits per heavy atom. The predicted octanol–water partition coefficient (Wildman–Crippen LogP) is 2.46. The summed E-state index contributed by atoms with van der Waals surface area (Å²) in [5, 5.41) is 0. The molecule has 0 unspecified atom stereocenters. The quantitative estimate of drug-likeness (QED) is 0.797. The van der Waals surface area contributed by atoms with Crippen LogP contribution in [0.4, 0.5) is 4.39 Å². The molecule has 3 nitrogen and oxygen atoms in total. The number of benzene rings is 1. The van der Waals surface area contributed by atoms with E-state index in [2.05, 4.69) is 17.1 Å². The minimum absolute atomic E-state index is 0.103. The fourth-order valence-electron chi connectivity index (χ4n) is 2.59. The lowest BCUT2D eigenvalue weighted by molar-refractivity contribution is 0.0758. The summed E-state index contributed by atoms with van der Waals surface area (Å²) in [7, 11) is 0. The van der Waals surface area contributed by atoms with Crippen LogP contribution in [-0.2, 0) is 12.8 Å². The zero-order valence-electron chi connectivity index (χ0n) is 11.1. The van der Waals surface area contributed by atoms with Gasteiger partial charge in [0.1, 0.15) is 0 Å². The van der Waals surface area contributed by atoms with E-state index in [0.29, 0.717) is 13.1 Å². The van der Waals surface area contributed by atoms with Crippen LogP contribution in [0.15, 0.2) is 42.7 Å². The Balaban J connectivity index is 1.80. The number of fused-ring (bicyclic) bond motifs is 1. The van der Waals surface area contributed by atoms with Gasteiger partial charge in [0.15, 0.2) is 5.82 Å². The third-order valence-corrected chi connectivity index (χ3v) is 3.71. The maximum absolute atomic E-state index is 13.6. The number of hydrogen-bond donors (Lipinski definition) is 0. The molecule has 0 radical (unpaired) electrons. The first-order chi connectivity index (χ1) is 9.75. The van der Waals surface area contributed by atoms with Crippen molar-refractivity contribution in [2.24, 2.45) is 0 Å². The zero-order chi connectivity index (χ0) is 13.9. The van der Waals surface area contributed by atoms with Gasteiger partial charge in [-0.2, -0.15) is 0 Å². The fraction of sp³-hybridized carbons (Fsp3) is 0.250. The topological polar surface area (TPSA) is 33.2 Å². The summed E-state index contributed by atoms with van der Waals surface area (Å²) in [5.74, 6) is -0.808. The Morgan fingerprint density at radius 1 is 1.10 bits per heavy atom. The maximum atomic E-state index is 13.6. The van der Waals surface area contributed by atoms with E-state index < -0.39 is 5.82 Å². The summed E-state index contributed by atoms with van der Waals surface area (Å²) < 4.78 is 13.6. The van der Waals surface area contributed by atoms with Crippen LogP contribution in [0.5, 0.6) is 0 Å². The second-order valence-corrected chi connectivity index (χ2v) is 4.92. The molecule has 4 heteroatoms.